The minimum absolute atomic E-state index is 0.0291. The number of amides is 1. The number of nitrogens with zero attached hydrogens (tertiary/aromatic N) is 3. The summed E-state index contributed by atoms with van der Waals surface area (Å²) in [5.74, 6) is 2.38. The summed E-state index contributed by atoms with van der Waals surface area (Å²) >= 11 is 0. The first-order valence-corrected chi connectivity index (χ1v) is 9.48. The summed E-state index contributed by atoms with van der Waals surface area (Å²) < 4.78 is 21.5. The van der Waals surface area contributed by atoms with Gasteiger partial charge in [0.15, 0.2) is 11.5 Å². The molecule has 158 valence electrons. The number of carbonyl (C=O) groups is 1. The van der Waals surface area contributed by atoms with E-state index in [2.05, 4.69) is 10.1 Å². The maximum Gasteiger partial charge on any atom is 0.254 e. The van der Waals surface area contributed by atoms with Gasteiger partial charge in [0.25, 0.3) is 5.91 Å². The molecule has 0 aliphatic heterocycles. The minimum atomic E-state index is -0.171. The molecule has 0 aliphatic rings. The van der Waals surface area contributed by atoms with E-state index in [4.69, 9.17) is 18.7 Å². The largest absolute Gasteiger partial charge is 0.493 e. The van der Waals surface area contributed by atoms with Crippen LogP contribution in [0.3, 0.4) is 0 Å². The van der Waals surface area contributed by atoms with E-state index in [0.717, 1.165) is 5.56 Å². The minimum Gasteiger partial charge on any atom is -0.493 e. The molecule has 3 aromatic rings. The standard InChI is InChI=1S/C22H25N3O5/c1-14(2)29-17-8-6-7-16(11-17)22(26)25(3)13-20-23-21(24-30-20)15-9-10-18(27-4)19(12-15)28-5/h6-12,14H,13H2,1-5H3. The van der Waals surface area contributed by atoms with Crippen molar-refractivity contribution in [2.75, 3.05) is 21.3 Å². The second-order valence-electron chi connectivity index (χ2n) is 6.94. The van der Waals surface area contributed by atoms with E-state index in [1.54, 1.807) is 51.6 Å². The lowest BCUT2D eigenvalue weighted by Crippen LogP contribution is -2.26. The van der Waals surface area contributed by atoms with Crippen molar-refractivity contribution >= 4 is 5.91 Å². The van der Waals surface area contributed by atoms with E-state index in [1.165, 1.54) is 4.90 Å². The summed E-state index contributed by atoms with van der Waals surface area (Å²) in [7, 11) is 4.81. The highest BCUT2D eigenvalue weighted by Gasteiger charge is 2.18. The fraction of sp³-hybridized carbons (Fsp3) is 0.318. The van der Waals surface area contributed by atoms with Crippen LogP contribution in [0.15, 0.2) is 47.0 Å². The number of hydrogen-bond donors (Lipinski definition) is 0. The van der Waals surface area contributed by atoms with Gasteiger partial charge in [0.2, 0.25) is 11.7 Å². The summed E-state index contributed by atoms with van der Waals surface area (Å²) in [6.07, 6.45) is 0.0291. The van der Waals surface area contributed by atoms with Gasteiger partial charge in [-0.2, -0.15) is 4.98 Å². The average molecular weight is 411 g/mol. The van der Waals surface area contributed by atoms with Gasteiger partial charge in [-0.3, -0.25) is 4.79 Å². The third-order valence-electron chi connectivity index (χ3n) is 4.28. The fourth-order valence-corrected chi connectivity index (χ4v) is 2.88. The molecule has 1 amide bonds. The number of ether oxygens (including phenoxy) is 3. The summed E-state index contributed by atoms with van der Waals surface area (Å²) in [4.78, 5) is 18.7. The molecule has 0 N–H and O–H groups in total. The Balaban J connectivity index is 1.72. The lowest BCUT2D eigenvalue weighted by Gasteiger charge is -2.16. The van der Waals surface area contributed by atoms with Crippen molar-refractivity contribution < 1.29 is 23.5 Å². The molecule has 0 radical (unpaired) electrons. The smallest absolute Gasteiger partial charge is 0.254 e. The number of aromatic nitrogens is 2. The highest BCUT2D eigenvalue weighted by molar-refractivity contribution is 5.94. The lowest BCUT2D eigenvalue weighted by atomic mass is 10.2. The van der Waals surface area contributed by atoms with Gasteiger partial charge in [0.1, 0.15) is 5.75 Å². The highest BCUT2D eigenvalue weighted by Crippen LogP contribution is 2.31. The second-order valence-corrected chi connectivity index (χ2v) is 6.94. The van der Waals surface area contributed by atoms with Crippen LogP contribution in [0, 0.1) is 0 Å². The Morgan fingerprint density at radius 1 is 1.10 bits per heavy atom. The Kier molecular flexibility index (Phi) is 6.56. The Bertz CT molecular complexity index is 1020. The van der Waals surface area contributed by atoms with E-state index in [0.29, 0.717) is 34.5 Å². The van der Waals surface area contributed by atoms with E-state index < -0.39 is 0 Å². The molecule has 2 aromatic carbocycles. The SMILES string of the molecule is COc1ccc(-c2noc(CN(C)C(=O)c3cccc(OC(C)C)c3)n2)cc1OC. The van der Waals surface area contributed by atoms with Crippen LogP contribution >= 0.6 is 0 Å². The van der Waals surface area contributed by atoms with Crippen molar-refractivity contribution in [3.05, 3.63) is 53.9 Å². The molecule has 0 atom stereocenters. The fourth-order valence-electron chi connectivity index (χ4n) is 2.88. The van der Waals surface area contributed by atoms with Crippen molar-refractivity contribution in [2.45, 2.75) is 26.5 Å². The molecule has 0 fully saturated rings. The molecule has 8 nitrogen and oxygen atoms in total. The maximum absolute atomic E-state index is 12.8. The zero-order valence-electron chi connectivity index (χ0n) is 17.7. The van der Waals surface area contributed by atoms with Crippen LogP contribution in [0.25, 0.3) is 11.4 Å². The van der Waals surface area contributed by atoms with Crippen molar-refractivity contribution in [2.24, 2.45) is 0 Å². The van der Waals surface area contributed by atoms with Crippen LogP contribution in [0.2, 0.25) is 0 Å². The van der Waals surface area contributed by atoms with Crippen molar-refractivity contribution in [1.82, 2.24) is 15.0 Å². The number of hydrogen-bond acceptors (Lipinski definition) is 7. The van der Waals surface area contributed by atoms with Crippen LogP contribution in [0.5, 0.6) is 17.2 Å². The monoisotopic (exact) mass is 411 g/mol. The van der Waals surface area contributed by atoms with Crippen LogP contribution in [-0.2, 0) is 6.54 Å². The number of benzene rings is 2. The zero-order valence-corrected chi connectivity index (χ0v) is 17.7. The van der Waals surface area contributed by atoms with Crippen LogP contribution in [-0.4, -0.2) is 48.3 Å². The van der Waals surface area contributed by atoms with Gasteiger partial charge >= 0.3 is 0 Å². The number of methoxy groups -OCH3 is 2. The average Bonchev–Trinajstić information content (AvgIpc) is 3.20. The number of rotatable bonds is 8. The first kappa shape index (κ1) is 21.2. The summed E-state index contributed by atoms with van der Waals surface area (Å²) in [6, 6.07) is 12.4. The molecule has 0 saturated carbocycles. The Morgan fingerprint density at radius 2 is 1.87 bits per heavy atom. The van der Waals surface area contributed by atoms with Crippen molar-refractivity contribution in [3.63, 3.8) is 0 Å². The van der Waals surface area contributed by atoms with Crippen LogP contribution in [0.1, 0.15) is 30.1 Å². The predicted octanol–water partition coefficient (Wildman–Crippen LogP) is 3.81. The third-order valence-corrected chi connectivity index (χ3v) is 4.28. The van der Waals surface area contributed by atoms with Gasteiger partial charge in [0.05, 0.1) is 26.9 Å². The van der Waals surface area contributed by atoms with Gasteiger partial charge in [0, 0.05) is 18.2 Å². The molecule has 0 spiro atoms. The zero-order chi connectivity index (χ0) is 21.7. The molecule has 1 aromatic heterocycles. The summed E-state index contributed by atoms with van der Waals surface area (Å²) in [6.45, 7) is 4.05. The predicted molar refractivity (Wildman–Crippen MR) is 111 cm³/mol. The third kappa shape index (κ3) is 4.89. The molecule has 0 bridgehead atoms. The van der Waals surface area contributed by atoms with Crippen LogP contribution < -0.4 is 14.2 Å². The van der Waals surface area contributed by atoms with Crippen molar-refractivity contribution in [1.29, 1.82) is 0 Å². The van der Waals surface area contributed by atoms with E-state index in [9.17, 15) is 4.79 Å². The topological polar surface area (TPSA) is 86.9 Å². The van der Waals surface area contributed by atoms with Gasteiger partial charge in [-0.05, 0) is 50.2 Å². The van der Waals surface area contributed by atoms with Crippen molar-refractivity contribution in [3.8, 4) is 28.6 Å². The normalized spacial score (nSPS) is 10.7. The quantitative estimate of drug-likeness (QED) is 0.557. The lowest BCUT2D eigenvalue weighted by molar-refractivity contribution is 0.0769. The summed E-state index contributed by atoms with van der Waals surface area (Å²) in [5, 5.41) is 4.01. The highest BCUT2D eigenvalue weighted by atomic mass is 16.5. The van der Waals surface area contributed by atoms with E-state index >= 15 is 0 Å². The Labute approximate surface area is 175 Å². The maximum atomic E-state index is 12.8. The molecule has 30 heavy (non-hydrogen) atoms. The molecule has 3 rings (SSSR count). The van der Waals surface area contributed by atoms with Crippen LogP contribution in [0.4, 0.5) is 0 Å². The van der Waals surface area contributed by atoms with E-state index in [1.807, 2.05) is 26.0 Å². The molecule has 1 heterocycles. The molecule has 8 heteroatoms. The molecular weight excluding hydrogens is 386 g/mol. The Hall–Kier alpha value is -3.55. The first-order chi connectivity index (χ1) is 14.4. The molecule has 0 saturated heterocycles. The first-order valence-electron chi connectivity index (χ1n) is 9.48. The second kappa shape index (κ2) is 9.30. The molecule has 0 unspecified atom stereocenters. The molecular formula is C22H25N3O5. The van der Waals surface area contributed by atoms with Gasteiger partial charge < -0.3 is 23.6 Å². The van der Waals surface area contributed by atoms with E-state index in [-0.39, 0.29) is 18.6 Å². The summed E-state index contributed by atoms with van der Waals surface area (Å²) in [5.41, 5.74) is 1.24. The Morgan fingerprint density at radius 3 is 2.57 bits per heavy atom. The van der Waals surface area contributed by atoms with Gasteiger partial charge in [-0.15, -0.1) is 0 Å². The number of carbonyl (C=O) groups excluding carboxylic acids is 1. The van der Waals surface area contributed by atoms with Gasteiger partial charge in [-0.25, -0.2) is 0 Å². The van der Waals surface area contributed by atoms with Gasteiger partial charge in [-0.1, -0.05) is 11.2 Å². The molecule has 0 aliphatic carbocycles.